The number of hydrogen-bond acceptors (Lipinski definition) is 3. The maximum absolute atomic E-state index is 13.0. The van der Waals surface area contributed by atoms with Crippen LogP contribution in [0.4, 0.5) is 0 Å². The minimum Gasteiger partial charge on any atom is -0.348 e. The lowest BCUT2D eigenvalue weighted by molar-refractivity contribution is 0.0957. The molecule has 1 unspecified atom stereocenters. The third kappa shape index (κ3) is 5.41. The zero-order chi connectivity index (χ0) is 25.0. The van der Waals surface area contributed by atoms with E-state index in [0.717, 1.165) is 47.1 Å². The Morgan fingerprint density at radius 3 is 2.77 bits per heavy atom. The lowest BCUT2D eigenvalue weighted by Gasteiger charge is -2.23. The Labute approximate surface area is 207 Å². The molecule has 1 amide bonds. The van der Waals surface area contributed by atoms with Crippen LogP contribution in [0.5, 0.6) is 0 Å². The molecule has 2 aromatic carbocycles. The van der Waals surface area contributed by atoms with Crippen molar-refractivity contribution in [2.24, 2.45) is 5.92 Å². The van der Waals surface area contributed by atoms with Crippen molar-refractivity contribution in [3.8, 4) is 6.07 Å². The van der Waals surface area contributed by atoms with Crippen LogP contribution in [0.25, 0.3) is 5.57 Å². The van der Waals surface area contributed by atoms with E-state index < -0.39 is 5.41 Å². The van der Waals surface area contributed by atoms with E-state index >= 15 is 0 Å². The van der Waals surface area contributed by atoms with Gasteiger partial charge in [0.05, 0.1) is 17.2 Å². The summed E-state index contributed by atoms with van der Waals surface area (Å²) in [6.45, 7) is 8.56. The number of nitrogens with one attached hydrogen (secondary N) is 2. The normalized spacial score (nSPS) is 22.5. The van der Waals surface area contributed by atoms with E-state index in [4.69, 9.17) is 5.41 Å². The largest absolute Gasteiger partial charge is 0.348 e. The van der Waals surface area contributed by atoms with Gasteiger partial charge in [0.15, 0.2) is 0 Å². The predicted octanol–water partition coefficient (Wildman–Crippen LogP) is 6.33. The summed E-state index contributed by atoms with van der Waals surface area (Å²) in [7, 11) is 0. The molecule has 0 heterocycles. The number of nitriles is 1. The summed E-state index contributed by atoms with van der Waals surface area (Å²) in [5, 5.41) is 21.1. The zero-order valence-electron chi connectivity index (χ0n) is 20.4. The minimum atomic E-state index is -0.581. The van der Waals surface area contributed by atoms with Crippen LogP contribution in [-0.4, -0.2) is 18.2 Å². The first kappa shape index (κ1) is 24.2. The van der Waals surface area contributed by atoms with Crippen molar-refractivity contribution < 1.29 is 4.79 Å². The molecule has 0 saturated heterocycles. The van der Waals surface area contributed by atoms with Crippen LogP contribution >= 0.6 is 0 Å². The summed E-state index contributed by atoms with van der Waals surface area (Å²) >= 11 is 0. The van der Waals surface area contributed by atoms with Crippen molar-refractivity contribution in [2.75, 3.05) is 6.54 Å². The molecule has 2 atom stereocenters. The monoisotopic (exact) mass is 461 g/mol. The van der Waals surface area contributed by atoms with Crippen molar-refractivity contribution in [1.82, 2.24) is 5.32 Å². The molecule has 4 nitrogen and oxygen atoms in total. The second kappa shape index (κ2) is 10.1. The van der Waals surface area contributed by atoms with E-state index in [1.54, 1.807) is 6.08 Å². The number of carbonyl (C=O) groups excluding carboxylic acids is 1. The van der Waals surface area contributed by atoms with Crippen LogP contribution in [0.1, 0.15) is 53.7 Å². The van der Waals surface area contributed by atoms with Crippen molar-refractivity contribution in [1.29, 1.82) is 10.7 Å². The number of allylic oxidation sites excluding steroid dienone is 5. The molecule has 4 heteroatoms. The fourth-order valence-corrected chi connectivity index (χ4v) is 4.73. The quantitative estimate of drug-likeness (QED) is 0.511. The van der Waals surface area contributed by atoms with Gasteiger partial charge in [0.25, 0.3) is 5.91 Å². The molecule has 2 aliphatic rings. The van der Waals surface area contributed by atoms with Crippen LogP contribution in [0, 0.1) is 22.7 Å². The predicted molar refractivity (Wildman–Crippen MR) is 142 cm³/mol. The SMILES string of the molecule is C=C(/C=C1/C=C(c2ccccc2)C=CC1=N)CNC(=O)c1ccc2c(c1)[C@](C)(C#N)CCC(C)C2. The van der Waals surface area contributed by atoms with Gasteiger partial charge in [0.2, 0.25) is 0 Å². The number of carbonyl (C=O) groups is 1. The Morgan fingerprint density at radius 1 is 1.26 bits per heavy atom. The molecule has 0 bridgehead atoms. The lowest BCUT2D eigenvalue weighted by Crippen LogP contribution is -2.26. The van der Waals surface area contributed by atoms with Crippen LogP contribution in [0.3, 0.4) is 0 Å². The van der Waals surface area contributed by atoms with Gasteiger partial charge in [-0.25, -0.2) is 0 Å². The average molecular weight is 462 g/mol. The van der Waals surface area contributed by atoms with Crippen LogP contribution in [0.15, 0.2) is 90.6 Å². The molecular formula is C31H31N3O. The first-order chi connectivity index (χ1) is 16.8. The van der Waals surface area contributed by atoms with Gasteiger partial charge in [-0.2, -0.15) is 5.26 Å². The summed E-state index contributed by atoms with van der Waals surface area (Å²) < 4.78 is 0. The molecular weight excluding hydrogens is 430 g/mol. The molecule has 2 aliphatic carbocycles. The van der Waals surface area contributed by atoms with Crippen molar-refractivity contribution in [3.05, 3.63) is 113 Å². The summed E-state index contributed by atoms with van der Waals surface area (Å²) in [5.74, 6) is 0.328. The Bertz CT molecular complexity index is 1310. The number of amides is 1. The standard InChI is InChI=1S/C31H31N3O/c1-21-13-14-31(3,20-32)28-18-26(10-9-25(28)15-21)30(35)34-19-22(2)16-27-17-24(11-12-29(27)33)23-7-5-4-6-8-23/h4-12,16-18,21,33H,2,13-15,19H2,1,3H3,(H,34,35)/b27-16-,33-29?/t21?,31-/m0/s1. The molecule has 0 spiro atoms. The van der Waals surface area contributed by atoms with Gasteiger partial charge < -0.3 is 10.7 Å². The maximum atomic E-state index is 13.0. The number of fused-ring (bicyclic) bond motifs is 1. The first-order valence-electron chi connectivity index (χ1n) is 12.1. The highest BCUT2D eigenvalue weighted by atomic mass is 16.1. The highest BCUT2D eigenvalue weighted by Gasteiger charge is 2.33. The number of rotatable bonds is 5. The fourth-order valence-electron chi connectivity index (χ4n) is 4.73. The Hall–Kier alpha value is -3.97. The van der Waals surface area contributed by atoms with Gasteiger partial charge in [0, 0.05) is 17.7 Å². The smallest absolute Gasteiger partial charge is 0.251 e. The van der Waals surface area contributed by atoms with Gasteiger partial charge in [0.1, 0.15) is 0 Å². The summed E-state index contributed by atoms with van der Waals surface area (Å²) in [6.07, 6.45) is 10.3. The third-order valence-electron chi connectivity index (χ3n) is 6.91. The van der Waals surface area contributed by atoms with E-state index in [-0.39, 0.29) is 12.5 Å². The van der Waals surface area contributed by atoms with Gasteiger partial charge in [-0.3, -0.25) is 4.79 Å². The number of hydrogen-bond donors (Lipinski definition) is 2. The van der Waals surface area contributed by atoms with Gasteiger partial charge >= 0.3 is 0 Å². The molecule has 0 radical (unpaired) electrons. The van der Waals surface area contributed by atoms with E-state index in [2.05, 4.69) is 24.9 Å². The fraction of sp³-hybridized carbons (Fsp3) is 0.258. The third-order valence-corrected chi connectivity index (χ3v) is 6.91. The van der Waals surface area contributed by atoms with Crippen molar-refractivity contribution in [3.63, 3.8) is 0 Å². The van der Waals surface area contributed by atoms with E-state index in [1.165, 1.54) is 0 Å². The summed E-state index contributed by atoms with van der Waals surface area (Å²) in [6, 6.07) is 18.3. The second-order valence-electron chi connectivity index (χ2n) is 9.82. The lowest BCUT2D eigenvalue weighted by atomic mass is 9.78. The Balaban J connectivity index is 1.47. The molecule has 4 rings (SSSR count). The van der Waals surface area contributed by atoms with Crippen LogP contribution < -0.4 is 5.32 Å². The molecule has 2 aromatic rings. The summed E-state index contributed by atoms with van der Waals surface area (Å²) in [5.41, 5.74) is 6.10. The number of nitrogens with zero attached hydrogens (tertiary/aromatic N) is 1. The number of benzene rings is 2. The van der Waals surface area contributed by atoms with E-state index in [1.807, 2.05) is 73.7 Å². The maximum Gasteiger partial charge on any atom is 0.251 e. The van der Waals surface area contributed by atoms with Gasteiger partial charge in [-0.1, -0.05) is 56.0 Å². The summed E-state index contributed by atoms with van der Waals surface area (Å²) in [4.78, 5) is 13.0. The van der Waals surface area contributed by atoms with Crippen molar-refractivity contribution in [2.45, 2.75) is 38.5 Å². The zero-order valence-corrected chi connectivity index (χ0v) is 20.4. The first-order valence-corrected chi connectivity index (χ1v) is 12.1. The molecule has 0 aromatic heterocycles. The highest BCUT2D eigenvalue weighted by Crippen LogP contribution is 2.38. The van der Waals surface area contributed by atoms with Crippen molar-refractivity contribution >= 4 is 17.2 Å². The molecule has 0 aliphatic heterocycles. The molecule has 176 valence electrons. The minimum absolute atomic E-state index is 0.191. The Morgan fingerprint density at radius 2 is 2.03 bits per heavy atom. The molecule has 0 saturated carbocycles. The molecule has 35 heavy (non-hydrogen) atoms. The molecule has 2 N–H and O–H groups in total. The van der Waals surface area contributed by atoms with Gasteiger partial charge in [-0.15, -0.1) is 0 Å². The highest BCUT2D eigenvalue weighted by molar-refractivity contribution is 6.13. The van der Waals surface area contributed by atoms with Crippen LogP contribution in [-0.2, 0) is 11.8 Å². The topological polar surface area (TPSA) is 76.7 Å². The van der Waals surface area contributed by atoms with Crippen LogP contribution in [0.2, 0.25) is 0 Å². The second-order valence-corrected chi connectivity index (χ2v) is 9.82. The van der Waals surface area contributed by atoms with E-state index in [9.17, 15) is 10.1 Å². The Kier molecular flexibility index (Phi) is 6.98. The molecule has 0 fully saturated rings. The average Bonchev–Trinajstić information content (AvgIpc) is 3.00. The van der Waals surface area contributed by atoms with Gasteiger partial charge in [-0.05, 0) is 90.3 Å². The van der Waals surface area contributed by atoms with E-state index in [0.29, 0.717) is 22.8 Å².